The molecule has 2 heteroatoms. The van der Waals surface area contributed by atoms with Crippen LogP contribution in [0.3, 0.4) is 0 Å². The van der Waals surface area contributed by atoms with Gasteiger partial charge in [-0.05, 0) is 17.8 Å². The first-order valence-corrected chi connectivity index (χ1v) is 3.85. The maximum atomic E-state index is 9.00. The molecule has 60 valence electrons. The lowest BCUT2D eigenvalue weighted by Gasteiger charge is -2.27. The molecule has 0 radical (unpaired) electrons. The zero-order valence-corrected chi connectivity index (χ0v) is 6.76. The van der Waals surface area contributed by atoms with E-state index in [9.17, 15) is 0 Å². The van der Waals surface area contributed by atoms with Crippen LogP contribution in [0.2, 0.25) is 0 Å². The highest BCUT2D eigenvalue weighted by molar-refractivity contribution is 4.80. The smallest absolute Gasteiger partial charge is 0.0501 e. The van der Waals surface area contributed by atoms with Gasteiger partial charge in [-0.1, -0.05) is 13.8 Å². The van der Waals surface area contributed by atoms with Crippen molar-refractivity contribution < 1.29 is 9.84 Å². The second-order valence-corrected chi connectivity index (χ2v) is 3.71. The molecule has 1 unspecified atom stereocenters. The lowest BCUT2D eigenvalue weighted by molar-refractivity contribution is 0.0816. The Morgan fingerprint density at radius 3 is 2.70 bits per heavy atom. The van der Waals surface area contributed by atoms with Crippen molar-refractivity contribution >= 4 is 0 Å². The molecule has 1 rings (SSSR count). The van der Waals surface area contributed by atoms with E-state index < -0.39 is 0 Å². The molecule has 0 aliphatic carbocycles. The summed E-state index contributed by atoms with van der Waals surface area (Å²) < 4.78 is 5.23. The topological polar surface area (TPSA) is 29.5 Å². The van der Waals surface area contributed by atoms with E-state index in [4.69, 9.17) is 9.84 Å². The quantitative estimate of drug-likeness (QED) is 0.627. The minimum atomic E-state index is 0.0521. The van der Waals surface area contributed by atoms with Gasteiger partial charge in [0.25, 0.3) is 0 Å². The van der Waals surface area contributed by atoms with E-state index in [1.807, 2.05) is 0 Å². The monoisotopic (exact) mass is 144 g/mol. The molecule has 0 aromatic heterocycles. The molecule has 1 aliphatic rings. The fourth-order valence-electron chi connectivity index (χ4n) is 1.28. The van der Waals surface area contributed by atoms with Crippen LogP contribution in [0.1, 0.15) is 20.3 Å². The standard InChI is InChI=1S/C8H16O2/c1-8(2,6-9)7-3-4-10-5-7/h7,9H,3-6H2,1-2H3. The first-order valence-electron chi connectivity index (χ1n) is 3.85. The molecule has 0 aromatic carbocycles. The Kier molecular flexibility index (Phi) is 2.32. The van der Waals surface area contributed by atoms with Crippen LogP contribution >= 0.6 is 0 Å². The van der Waals surface area contributed by atoms with Crippen LogP contribution < -0.4 is 0 Å². The minimum absolute atomic E-state index is 0.0521. The van der Waals surface area contributed by atoms with Crippen molar-refractivity contribution in [3.63, 3.8) is 0 Å². The third-order valence-corrected chi connectivity index (χ3v) is 2.44. The van der Waals surface area contributed by atoms with Gasteiger partial charge in [-0.25, -0.2) is 0 Å². The highest BCUT2D eigenvalue weighted by Crippen LogP contribution is 2.32. The normalized spacial score (nSPS) is 27.3. The molecule has 1 atom stereocenters. The van der Waals surface area contributed by atoms with Crippen LogP contribution in [0.4, 0.5) is 0 Å². The summed E-state index contributed by atoms with van der Waals surface area (Å²) in [6.45, 7) is 6.14. The van der Waals surface area contributed by atoms with Gasteiger partial charge in [0.15, 0.2) is 0 Å². The maximum Gasteiger partial charge on any atom is 0.0501 e. The van der Waals surface area contributed by atoms with E-state index in [1.165, 1.54) is 0 Å². The van der Waals surface area contributed by atoms with Gasteiger partial charge in [0.05, 0.1) is 6.61 Å². The Balaban J connectivity index is 2.45. The molecule has 1 fully saturated rings. The van der Waals surface area contributed by atoms with E-state index in [0.717, 1.165) is 19.6 Å². The Bertz CT molecular complexity index is 104. The van der Waals surface area contributed by atoms with Gasteiger partial charge in [-0.15, -0.1) is 0 Å². The van der Waals surface area contributed by atoms with E-state index in [0.29, 0.717) is 5.92 Å². The van der Waals surface area contributed by atoms with Gasteiger partial charge < -0.3 is 9.84 Å². The minimum Gasteiger partial charge on any atom is -0.396 e. The lowest BCUT2D eigenvalue weighted by atomic mass is 9.79. The summed E-state index contributed by atoms with van der Waals surface area (Å²) in [4.78, 5) is 0. The van der Waals surface area contributed by atoms with Crippen LogP contribution in [0.5, 0.6) is 0 Å². The molecular weight excluding hydrogens is 128 g/mol. The molecule has 1 aliphatic heterocycles. The molecule has 0 saturated carbocycles. The van der Waals surface area contributed by atoms with Gasteiger partial charge in [-0.2, -0.15) is 0 Å². The molecule has 0 bridgehead atoms. The number of hydrogen-bond acceptors (Lipinski definition) is 2. The Labute approximate surface area is 62.2 Å². The molecule has 1 heterocycles. The first kappa shape index (κ1) is 8.02. The van der Waals surface area contributed by atoms with Gasteiger partial charge in [0.2, 0.25) is 0 Å². The van der Waals surface area contributed by atoms with Crippen LogP contribution in [0.25, 0.3) is 0 Å². The number of rotatable bonds is 2. The van der Waals surface area contributed by atoms with Crippen LogP contribution in [-0.2, 0) is 4.74 Å². The van der Waals surface area contributed by atoms with Crippen molar-refractivity contribution in [2.75, 3.05) is 19.8 Å². The number of aliphatic hydroxyl groups excluding tert-OH is 1. The predicted octanol–water partition coefficient (Wildman–Crippen LogP) is 1.04. The van der Waals surface area contributed by atoms with Crippen molar-refractivity contribution in [2.45, 2.75) is 20.3 Å². The zero-order chi connectivity index (χ0) is 7.61. The third-order valence-electron chi connectivity index (χ3n) is 2.44. The largest absolute Gasteiger partial charge is 0.396 e. The van der Waals surface area contributed by atoms with Gasteiger partial charge in [0, 0.05) is 13.2 Å². The average Bonchev–Trinajstić information content (AvgIpc) is 2.38. The van der Waals surface area contributed by atoms with Crippen LogP contribution in [0, 0.1) is 11.3 Å². The summed E-state index contributed by atoms with van der Waals surface area (Å²) in [6.07, 6.45) is 1.10. The van der Waals surface area contributed by atoms with Crippen molar-refractivity contribution in [3.05, 3.63) is 0 Å². The van der Waals surface area contributed by atoms with Crippen molar-refractivity contribution in [1.29, 1.82) is 0 Å². The molecule has 10 heavy (non-hydrogen) atoms. The molecule has 1 N–H and O–H groups in total. The summed E-state index contributed by atoms with van der Waals surface area (Å²) in [6, 6.07) is 0. The Morgan fingerprint density at radius 2 is 2.30 bits per heavy atom. The molecule has 2 nitrogen and oxygen atoms in total. The first-order chi connectivity index (χ1) is 4.67. The van der Waals surface area contributed by atoms with Gasteiger partial charge in [0.1, 0.15) is 0 Å². The summed E-state index contributed by atoms with van der Waals surface area (Å²) >= 11 is 0. The summed E-state index contributed by atoms with van der Waals surface area (Å²) in [5, 5.41) is 9.00. The number of ether oxygens (including phenoxy) is 1. The van der Waals surface area contributed by atoms with Gasteiger partial charge in [-0.3, -0.25) is 0 Å². The molecule has 1 saturated heterocycles. The van der Waals surface area contributed by atoms with E-state index in [1.54, 1.807) is 0 Å². The van der Waals surface area contributed by atoms with Crippen LogP contribution in [-0.4, -0.2) is 24.9 Å². The average molecular weight is 144 g/mol. The summed E-state index contributed by atoms with van der Waals surface area (Å²) in [5.74, 6) is 0.553. The van der Waals surface area contributed by atoms with Gasteiger partial charge >= 0.3 is 0 Å². The highest BCUT2D eigenvalue weighted by atomic mass is 16.5. The highest BCUT2D eigenvalue weighted by Gasteiger charge is 2.31. The number of hydrogen-bond donors (Lipinski definition) is 1. The fraction of sp³-hybridized carbons (Fsp3) is 1.00. The SMILES string of the molecule is CC(C)(CO)C1CCOC1. The molecule has 0 aromatic rings. The predicted molar refractivity (Wildman–Crippen MR) is 39.8 cm³/mol. The van der Waals surface area contributed by atoms with E-state index in [2.05, 4.69) is 13.8 Å². The molecule has 0 amide bonds. The Hall–Kier alpha value is -0.0800. The summed E-state index contributed by atoms with van der Waals surface area (Å²) in [7, 11) is 0. The van der Waals surface area contributed by atoms with E-state index in [-0.39, 0.29) is 12.0 Å². The Morgan fingerprint density at radius 1 is 1.60 bits per heavy atom. The maximum absolute atomic E-state index is 9.00. The second kappa shape index (κ2) is 2.89. The van der Waals surface area contributed by atoms with Crippen molar-refractivity contribution in [3.8, 4) is 0 Å². The third kappa shape index (κ3) is 1.50. The van der Waals surface area contributed by atoms with Crippen LogP contribution in [0.15, 0.2) is 0 Å². The summed E-state index contributed by atoms with van der Waals surface area (Å²) in [5.41, 5.74) is 0.0521. The van der Waals surface area contributed by atoms with E-state index >= 15 is 0 Å². The molecule has 0 spiro atoms. The molecular formula is C8H16O2. The van der Waals surface area contributed by atoms with Crippen molar-refractivity contribution in [1.82, 2.24) is 0 Å². The van der Waals surface area contributed by atoms with Crippen molar-refractivity contribution in [2.24, 2.45) is 11.3 Å². The lowest BCUT2D eigenvalue weighted by Crippen LogP contribution is -2.28. The zero-order valence-electron chi connectivity index (χ0n) is 6.76. The second-order valence-electron chi connectivity index (χ2n) is 3.71. The fourth-order valence-corrected chi connectivity index (χ4v) is 1.28. The number of aliphatic hydroxyl groups is 1.